The molecule has 3 aliphatic carbocycles. The van der Waals surface area contributed by atoms with Crippen LogP contribution in [0.5, 0.6) is 0 Å². The van der Waals surface area contributed by atoms with Crippen LogP contribution in [0.2, 0.25) is 0 Å². The molecule has 0 saturated carbocycles. The second-order valence-corrected chi connectivity index (χ2v) is 29.1. The number of hydrogen-bond acceptors (Lipinski definition) is 3. The van der Waals surface area contributed by atoms with Gasteiger partial charge in [-0.05, 0) is 178 Å². The van der Waals surface area contributed by atoms with Crippen molar-refractivity contribution in [2.45, 2.75) is 24.7 Å². The number of fused-ring (bicyclic) bond motifs is 31. The molecule has 16 aromatic carbocycles. The predicted octanol–water partition coefficient (Wildman–Crippen LogP) is 25.5. The molecular formula is C98H61N5O. The first-order valence-corrected chi connectivity index (χ1v) is 36.0. The fourth-order valence-electron chi connectivity index (χ4n) is 19.0. The molecule has 0 bridgehead atoms. The van der Waals surface area contributed by atoms with E-state index in [1.165, 1.54) is 170 Å². The van der Waals surface area contributed by atoms with E-state index < -0.39 is 5.41 Å². The number of para-hydroxylation sites is 3. The fraction of sp³-hybridized carbons (Fsp3) is 0.0408. The summed E-state index contributed by atoms with van der Waals surface area (Å²) in [6.07, 6.45) is 0. The van der Waals surface area contributed by atoms with Gasteiger partial charge < -0.3 is 19.0 Å². The maximum Gasteiger partial charge on any atom is 0.231 e. The first-order valence-electron chi connectivity index (χ1n) is 36.0. The topological polar surface area (TPSA) is 75.4 Å². The molecule has 0 unspecified atom stereocenters. The maximum atomic E-state index is 6.35. The van der Waals surface area contributed by atoms with Gasteiger partial charge in [0.1, 0.15) is 5.58 Å². The Balaban J connectivity index is 0.000000128. The molecule has 6 nitrogen and oxygen atoms in total. The number of furan rings is 1. The molecule has 6 heteroatoms. The molecule has 0 atom stereocenters. The largest absolute Gasteiger partial charge is 0.438 e. The Morgan fingerprint density at radius 1 is 0.317 bits per heavy atom. The lowest BCUT2D eigenvalue weighted by Crippen LogP contribution is -2.25. The average Bonchev–Trinajstić information content (AvgIpc) is 1.50. The first kappa shape index (κ1) is 57.3. The van der Waals surface area contributed by atoms with Crippen molar-refractivity contribution < 1.29 is 4.42 Å². The maximum absolute atomic E-state index is 6.35. The predicted molar refractivity (Wildman–Crippen MR) is 432 cm³/mol. The Bertz CT molecular complexity index is 7280. The van der Waals surface area contributed by atoms with Crippen molar-refractivity contribution in [3.05, 3.63) is 355 Å². The lowest BCUT2D eigenvalue weighted by molar-refractivity contribution is 0.653. The van der Waals surface area contributed by atoms with Gasteiger partial charge in [0, 0.05) is 87.4 Å². The average molecular weight is 1320 g/mol. The van der Waals surface area contributed by atoms with E-state index in [-0.39, 0.29) is 5.41 Å². The van der Waals surface area contributed by atoms with Gasteiger partial charge in [0.25, 0.3) is 0 Å². The summed E-state index contributed by atoms with van der Waals surface area (Å²) in [5, 5.41) is 17.1. The number of rotatable bonds is 4. The van der Waals surface area contributed by atoms with Crippen LogP contribution in [0.1, 0.15) is 47.2 Å². The minimum Gasteiger partial charge on any atom is -0.438 e. The molecule has 2 N–H and O–H groups in total. The third-order valence-electron chi connectivity index (χ3n) is 23.5. The molecule has 484 valence electrons. The number of nitrogens with one attached hydrogen (secondary N) is 2. The summed E-state index contributed by atoms with van der Waals surface area (Å²) in [7, 11) is 0. The van der Waals surface area contributed by atoms with Gasteiger partial charge in [-0.1, -0.05) is 263 Å². The summed E-state index contributed by atoms with van der Waals surface area (Å²) < 4.78 is 8.79. The minimum absolute atomic E-state index is 0.0708. The summed E-state index contributed by atoms with van der Waals surface area (Å²) in [5.41, 5.74) is 30.5. The van der Waals surface area contributed by atoms with Crippen LogP contribution in [-0.2, 0) is 10.8 Å². The lowest BCUT2D eigenvalue weighted by atomic mass is 9.70. The zero-order valence-corrected chi connectivity index (χ0v) is 56.8. The van der Waals surface area contributed by atoms with E-state index in [1.54, 1.807) is 0 Å². The zero-order valence-electron chi connectivity index (χ0n) is 56.8. The molecular weight excluding hydrogens is 1260 g/mol. The number of aromatic nitrogens is 5. The Morgan fingerprint density at radius 2 is 0.865 bits per heavy atom. The highest BCUT2D eigenvalue weighted by molar-refractivity contribution is 6.23. The highest BCUT2D eigenvalue weighted by Gasteiger charge is 2.52. The molecule has 21 aromatic rings. The van der Waals surface area contributed by atoms with Crippen molar-refractivity contribution in [1.82, 2.24) is 24.5 Å². The van der Waals surface area contributed by atoms with Gasteiger partial charge in [0.05, 0.1) is 27.5 Å². The Morgan fingerprint density at radius 3 is 1.62 bits per heavy atom. The van der Waals surface area contributed by atoms with Crippen LogP contribution in [0.15, 0.2) is 326 Å². The standard InChI is InChI=1S/C51H29N3O.C47H32N2/c1-2-13-30(14-3-1)48-47-36-18-8-11-21-45(36)55-50(47)54-49(53-48)31-22-24-35-37-27-38-42(28-44(37)52-43(35)26-31)51(41-25-23-29-12-4-5-15-32(29)46(38)41)39-19-9-6-16-33(39)34-17-7-10-20-40(34)51;1-47(2)40-22-20-28-12-6-7-15-31(28)45(40)39-26-37-36-24-29(21-23-42(36)48-43(37)27-41(39)47)35-25-38-33-17-10-11-19-44(33)49(30-13-4-3-5-14-30)46(38)34-18-9-8-16-32(34)35/h1-28,52H;3-27,48H,1-2H3. The van der Waals surface area contributed by atoms with Crippen LogP contribution in [0, 0.1) is 0 Å². The van der Waals surface area contributed by atoms with Crippen LogP contribution < -0.4 is 0 Å². The molecule has 1 spiro atoms. The van der Waals surface area contributed by atoms with E-state index in [4.69, 9.17) is 14.4 Å². The fourth-order valence-corrected chi connectivity index (χ4v) is 19.0. The summed E-state index contributed by atoms with van der Waals surface area (Å²) in [6.45, 7) is 4.74. The molecule has 0 saturated heterocycles. The van der Waals surface area contributed by atoms with Crippen LogP contribution in [-0.4, -0.2) is 24.5 Å². The van der Waals surface area contributed by atoms with Crippen molar-refractivity contribution in [2.75, 3.05) is 0 Å². The number of benzene rings is 16. The smallest absolute Gasteiger partial charge is 0.231 e. The summed E-state index contributed by atoms with van der Waals surface area (Å²) in [5.74, 6) is 0.631. The van der Waals surface area contributed by atoms with E-state index >= 15 is 0 Å². The van der Waals surface area contributed by atoms with Crippen LogP contribution in [0.25, 0.3) is 193 Å². The van der Waals surface area contributed by atoms with Gasteiger partial charge in [-0.25, -0.2) is 4.98 Å². The van der Waals surface area contributed by atoms with Crippen molar-refractivity contribution in [1.29, 1.82) is 0 Å². The molecule has 5 heterocycles. The number of aromatic amines is 2. The second-order valence-electron chi connectivity index (χ2n) is 29.1. The van der Waals surface area contributed by atoms with E-state index in [2.05, 4.69) is 314 Å². The molecule has 3 aliphatic rings. The van der Waals surface area contributed by atoms with Crippen molar-refractivity contribution in [2.24, 2.45) is 0 Å². The second kappa shape index (κ2) is 21.1. The Kier molecular flexibility index (Phi) is 11.6. The molecule has 0 aliphatic heterocycles. The highest BCUT2D eigenvalue weighted by atomic mass is 16.3. The van der Waals surface area contributed by atoms with Gasteiger partial charge in [-0.15, -0.1) is 0 Å². The Hall–Kier alpha value is -13.4. The molecule has 0 fully saturated rings. The van der Waals surface area contributed by atoms with E-state index in [1.807, 2.05) is 36.4 Å². The number of hydrogen-bond donors (Lipinski definition) is 2. The third-order valence-corrected chi connectivity index (χ3v) is 23.5. The highest BCUT2D eigenvalue weighted by Crippen LogP contribution is 2.65. The van der Waals surface area contributed by atoms with Gasteiger partial charge >= 0.3 is 0 Å². The van der Waals surface area contributed by atoms with Crippen LogP contribution >= 0.6 is 0 Å². The molecule has 0 radical (unpaired) electrons. The minimum atomic E-state index is -0.428. The van der Waals surface area contributed by atoms with Gasteiger partial charge in [-0.3, -0.25) is 0 Å². The van der Waals surface area contributed by atoms with Gasteiger partial charge in [0.2, 0.25) is 5.71 Å². The molecule has 104 heavy (non-hydrogen) atoms. The third kappa shape index (κ3) is 7.78. The van der Waals surface area contributed by atoms with Crippen molar-refractivity contribution in [3.8, 4) is 72.8 Å². The van der Waals surface area contributed by atoms with E-state index in [0.717, 1.165) is 44.2 Å². The Labute approximate surface area is 597 Å². The summed E-state index contributed by atoms with van der Waals surface area (Å²) in [4.78, 5) is 17.9. The van der Waals surface area contributed by atoms with Crippen LogP contribution in [0.4, 0.5) is 0 Å². The van der Waals surface area contributed by atoms with Crippen molar-refractivity contribution >= 4 is 120 Å². The van der Waals surface area contributed by atoms with E-state index in [9.17, 15) is 0 Å². The molecule has 24 rings (SSSR count). The number of nitrogens with zero attached hydrogens (tertiary/aromatic N) is 3. The first-order chi connectivity index (χ1) is 51.3. The lowest BCUT2D eigenvalue weighted by Gasteiger charge is -2.30. The van der Waals surface area contributed by atoms with E-state index in [0.29, 0.717) is 11.5 Å². The SMILES string of the molecule is CC1(C)c2cc3[nH]c4ccc(-c5cc6c7ccccc7n(-c7ccccc7)c6c6ccccc56)cc4c3cc2-c2c1ccc1ccccc21.c1ccc(-c2nc(-c3ccc4c(c3)[nH]c3cc5c(cc34)-c3c(ccc4ccccc34)C53c4ccccc4-c4ccccc43)nc3oc4ccccc4c23)cc1. The van der Waals surface area contributed by atoms with Crippen molar-refractivity contribution in [3.63, 3.8) is 0 Å². The summed E-state index contributed by atoms with van der Waals surface area (Å²) >= 11 is 0. The number of H-pyrrole nitrogens is 2. The summed E-state index contributed by atoms with van der Waals surface area (Å²) in [6, 6.07) is 118. The zero-order chi connectivity index (χ0) is 68.3. The molecule has 0 amide bonds. The quantitative estimate of drug-likeness (QED) is 0.184. The molecule has 5 aromatic heterocycles. The van der Waals surface area contributed by atoms with Gasteiger partial charge in [0.15, 0.2) is 5.82 Å². The van der Waals surface area contributed by atoms with Gasteiger partial charge in [-0.2, -0.15) is 4.98 Å². The normalized spacial score (nSPS) is 13.6. The monoisotopic (exact) mass is 1320 g/mol. The van der Waals surface area contributed by atoms with Crippen LogP contribution in [0.3, 0.4) is 0 Å².